The van der Waals surface area contributed by atoms with E-state index in [4.69, 9.17) is 17.3 Å². The first kappa shape index (κ1) is 15.5. The van der Waals surface area contributed by atoms with Gasteiger partial charge in [0.25, 0.3) is 5.91 Å². The van der Waals surface area contributed by atoms with Crippen LogP contribution in [-0.4, -0.2) is 36.9 Å². The lowest BCUT2D eigenvalue weighted by molar-refractivity contribution is -0.117. The second-order valence-electron chi connectivity index (χ2n) is 4.40. The lowest BCUT2D eigenvalue weighted by Crippen LogP contribution is -2.34. The molecule has 0 radical (unpaired) electrons. The summed E-state index contributed by atoms with van der Waals surface area (Å²) in [4.78, 5) is 25.0. The van der Waals surface area contributed by atoms with Crippen molar-refractivity contribution in [1.29, 1.82) is 0 Å². The van der Waals surface area contributed by atoms with Gasteiger partial charge in [0.05, 0.1) is 16.6 Å². The Bertz CT molecular complexity index is 489. The first-order chi connectivity index (χ1) is 8.86. The summed E-state index contributed by atoms with van der Waals surface area (Å²) in [5.74, 6) is -0.506. The van der Waals surface area contributed by atoms with Crippen LogP contribution in [0.4, 0.5) is 5.69 Å². The summed E-state index contributed by atoms with van der Waals surface area (Å²) in [5, 5.41) is 3.00. The molecular formula is C13H18ClN3O2. The molecule has 1 atom stereocenters. The molecule has 1 aromatic rings. The van der Waals surface area contributed by atoms with Crippen molar-refractivity contribution in [2.45, 2.75) is 19.4 Å². The fourth-order valence-corrected chi connectivity index (χ4v) is 1.63. The van der Waals surface area contributed by atoms with E-state index in [0.29, 0.717) is 22.7 Å². The average molecular weight is 284 g/mol. The second-order valence-corrected chi connectivity index (χ2v) is 4.81. The molecule has 104 valence electrons. The van der Waals surface area contributed by atoms with E-state index in [-0.39, 0.29) is 11.8 Å². The molecule has 3 N–H and O–H groups in total. The number of carbonyl (C=O) groups excluding carboxylic acids is 2. The van der Waals surface area contributed by atoms with Crippen LogP contribution in [0.5, 0.6) is 0 Å². The SMILES string of the molecule is CC[C@@H](N)C(=O)Nc1ccc(Cl)c(C(=O)N(C)C)c1. The summed E-state index contributed by atoms with van der Waals surface area (Å²) in [6, 6.07) is 4.19. The Morgan fingerprint density at radius 2 is 2.05 bits per heavy atom. The predicted molar refractivity (Wildman–Crippen MR) is 76.4 cm³/mol. The minimum Gasteiger partial charge on any atom is -0.345 e. The van der Waals surface area contributed by atoms with Crippen LogP contribution >= 0.6 is 11.6 Å². The zero-order chi connectivity index (χ0) is 14.6. The van der Waals surface area contributed by atoms with Crippen molar-refractivity contribution in [2.75, 3.05) is 19.4 Å². The molecule has 19 heavy (non-hydrogen) atoms. The molecule has 0 unspecified atom stereocenters. The quantitative estimate of drug-likeness (QED) is 0.883. The highest BCUT2D eigenvalue weighted by Crippen LogP contribution is 2.21. The minimum absolute atomic E-state index is 0.221. The zero-order valence-electron chi connectivity index (χ0n) is 11.2. The molecular weight excluding hydrogens is 266 g/mol. The summed E-state index contributed by atoms with van der Waals surface area (Å²) in [7, 11) is 3.27. The molecule has 0 bridgehead atoms. The van der Waals surface area contributed by atoms with Crippen LogP contribution in [0.3, 0.4) is 0 Å². The Kier molecular flexibility index (Phi) is 5.32. The number of nitrogens with two attached hydrogens (primary N) is 1. The minimum atomic E-state index is -0.566. The van der Waals surface area contributed by atoms with E-state index in [2.05, 4.69) is 5.32 Å². The van der Waals surface area contributed by atoms with Crippen molar-refractivity contribution in [2.24, 2.45) is 5.73 Å². The van der Waals surface area contributed by atoms with Gasteiger partial charge in [-0.2, -0.15) is 0 Å². The average Bonchev–Trinajstić information content (AvgIpc) is 2.38. The Balaban J connectivity index is 2.97. The van der Waals surface area contributed by atoms with Crippen molar-refractivity contribution >= 4 is 29.1 Å². The van der Waals surface area contributed by atoms with E-state index in [9.17, 15) is 9.59 Å². The maximum atomic E-state index is 11.9. The van der Waals surface area contributed by atoms with Gasteiger partial charge in [-0.3, -0.25) is 9.59 Å². The Morgan fingerprint density at radius 1 is 1.42 bits per heavy atom. The van der Waals surface area contributed by atoms with Crippen LogP contribution in [0.15, 0.2) is 18.2 Å². The van der Waals surface area contributed by atoms with Crippen LogP contribution < -0.4 is 11.1 Å². The summed E-state index contributed by atoms with van der Waals surface area (Å²) < 4.78 is 0. The van der Waals surface area contributed by atoms with Crippen LogP contribution in [0.25, 0.3) is 0 Å². The number of hydrogen-bond donors (Lipinski definition) is 2. The largest absolute Gasteiger partial charge is 0.345 e. The molecule has 0 heterocycles. The monoisotopic (exact) mass is 283 g/mol. The number of benzene rings is 1. The number of amides is 2. The van der Waals surface area contributed by atoms with Crippen molar-refractivity contribution in [3.8, 4) is 0 Å². The highest BCUT2D eigenvalue weighted by Gasteiger charge is 2.15. The molecule has 0 aromatic heterocycles. The number of hydrogen-bond acceptors (Lipinski definition) is 3. The fraction of sp³-hybridized carbons (Fsp3) is 0.385. The van der Waals surface area contributed by atoms with Crippen LogP contribution in [-0.2, 0) is 4.79 Å². The number of carbonyl (C=O) groups is 2. The Hall–Kier alpha value is -1.59. The van der Waals surface area contributed by atoms with Gasteiger partial charge in [-0.15, -0.1) is 0 Å². The summed E-state index contributed by atoms with van der Waals surface area (Å²) in [6.07, 6.45) is 0.545. The molecule has 1 rings (SSSR count). The van der Waals surface area contributed by atoms with Gasteiger partial charge in [0, 0.05) is 19.8 Å². The molecule has 0 aliphatic carbocycles. The maximum absolute atomic E-state index is 11.9. The van der Waals surface area contributed by atoms with Crippen molar-refractivity contribution in [3.63, 3.8) is 0 Å². The normalized spacial score (nSPS) is 11.8. The third-order valence-electron chi connectivity index (χ3n) is 2.65. The second kappa shape index (κ2) is 6.54. The molecule has 0 fully saturated rings. The number of nitrogens with one attached hydrogen (secondary N) is 1. The van der Waals surface area contributed by atoms with Crippen LogP contribution in [0, 0.1) is 0 Å². The standard InChI is InChI=1S/C13H18ClN3O2/c1-4-11(15)12(18)16-8-5-6-10(14)9(7-8)13(19)17(2)3/h5-7,11H,4,15H2,1-3H3,(H,16,18)/t11-/m1/s1. The van der Waals surface area contributed by atoms with E-state index in [1.807, 2.05) is 6.92 Å². The molecule has 0 aliphatic heterocycles. The van der Waals surface area contributed by atoms with Gasteiger partial charge in [-0.05, 0) is 24.6 Å². The molecule has 0 spiro atoms. The van der Waals surface area contributed by atoms with E-state index in [1.54, 1.807) is 32.3 Å². The highest BCUT2D eigenvalue weighted by molar-refractivity contribution is 6.34. The number of rotatable bonds is 4. The molecule has 0 aliphatic rings. The van der Waals surface area contributed by atoms with Gasteiger partial charge in [0.2, 0.25) is 5.91 Å². The molecule has 5 nitrogen and oxygen atoms in total. The smallest absolute Gasteiger partial charge is 0.254 e. The first-order valence-electron chi connectivity index (χ1n) is 5.94. The van der Waals surface area contributed by atoms with E-state index >= 15 is 0 Å². The Morgan fingerprint density at radius 3 is 2.58 bits per heavy atom. The summed E-state index contributed by atoms with van der Waals surface area (Å²) in [5.41, 5.74) is 6.47. The molecule has 0 saturated heterocycles. The highest BCUT2D eigenvalue weighted by atomic mass is 35.5. The number of halogens is 1. The van der Waals surface area contributed by atoms with Gasteiger partial charge < -0.3 is 16.0 Å². The van der Waals surface area contributed by atoms with Crippen molar-refractivity contribution < 1.29 is 9.59 Å². The van der Waals surface area contributed by atoms with E-state index < -0.39 is 6.04 Å². The van der Waals surface area contributed by atoms with Gasteiger partial charge in [0.15, 0.2) is 0 Å². The first-order valence-corrected chi connectivity index (χ1v) is 6.32. The van der Waals surface area contributed by atoms with Gasteiger partial charge >= 0.3 is 0 Å². The maximum Gasteiger partial charge on any atom is 0.254 e. The van der Waals surface area contributed by atoms with E-state index in [1.165, 1.54) is 4.90 Å². The lowest BCUT2D eigenvalue weighted by atomic mass is 10.1. The third-order valence-corrected chi connectivity index (χ3v) is 2.98. The van der Waals surface area contributed by atoms with Crippen molar-refractivity contribution in [3.05, 3.63) is 28.8 Å². The molecule has 2 amide bonds. The van der Waals surface area contributed by atoms with Crippen LogP contribution in [0.2, 0.25) is 5.02 Å². The third kappa shape index (κ3) is 3.94. The van der Waals surface area contributed by atoms with Gasteiger partial charge in [0.1, 0.15) is 0 Å². The Labute approximate surface area is 117 Å². The summed E-state index contributed by atoms with van der Waals surface area (Å²) in [6.45, 7) is 1.83. The zero-order valence-corrected chi connectivity index (χ0v) is 12.0. The number of anilines is 1. The molecule has 6 heteroatoms. The predicted octanol–water partition coefficient (Wildman–Crippen LogP) is 1.72. The van der Waals surface area contributed by atoms with Crippen LogP contribution in [0.1, 0.15) is 23.7 Å². The van der Waals surface area contributed by atoms with Gasteiger partial charge in [-0.25, -0.2) is 0 Å². The summed E-state index contributed by atoms with van der Waals surface area (Å²) >= 11 is 5.98. The lowest BCUT2D eigenvalue weighted by Gasteiger charge is -2.14. The fourth-order valence-electron chi connectivity index (χ4n) is 1.43. The van der Waals surface area contributed by atoms with Gasteiger partial charge in [-0.1, -0.05) is 18.5 Å². The topological polar surface area (TPSA) is 75.4 Å². The molecule has 1 aromatic carbocycles. The number of nitrogens with zero attached hydrogens (tertiary/aromatic N) is 1. The van der Waals surface area contributed by atoms with E-state index in [0.717, 1.165) is 0 Å². The van der Waals surface area contributed by atoms with Crippen molar-refractivity contribution in [1.82, 2.24) is 4.90 Å². The molecule has 0 saturated carbocycles.